The smallest absolute Gasteiger partial charge is 0.143 e. The highest BCUT2D eigenvalue weighted by Gasteiger charge is 2.25. The van der Waals surface area contributed by atoms with Crippen molar-refractivity contribution in [2.75, 3.05) is 52.4 Å². The Bertz CT molecular complexity index is 1530. The first-order valence-electron chi connectivity index (χ1n) is 14.9. The quantitative estimate of drug-likeness (QED) is 0.244. The van der Waals surface area contributed by atoms with Crippen LogP contribution in [0.15, 0.2) is 79.1 Å². The molecule has 2 aliphatic rings. The number of fused-ring (bicyclic) bond motifs is 1. The van der Waals surface area contributed by atoms with Gasteiger partial charge in [-0.2, -0.15) is 0 Å². The third kappa shape index (κ3) is 6.91. The second-order valence-corrected chi connectivity index (χ2v) is 11.1. The van der Waals surface area contributed by atoms with Crippen LogP contribution < -0.4 is 19.8 Å². The maximum atomic E-state index is 5.96. The Morgan fingerprint density at radius 2 is 1.74 bits per heavy atom. The summed E-state index contributed by atoms with van der Waals surface area (Å²) in [6.45, 7) is 3.97. The number of rotatable bonds is 11. The average Bonchev–Trinajstić information content (AvgIpc) is 3.56. The molecule has 1 aromatic heterocycles. The van der Waals surface area contributed by atoms with E-state index in [1.165, 1.54) is 12.0 Å². The zero-order valence-electron chi connectivity index (χ0n) is 25.2. The number of anilines is 2. The van der Waals surface area contributed by atoms with Gasteiger partial charge in [0.05, 0.1) is 37.1 Å². The number of nitrogens with zero attached hydrogens (tertiary/aromatic N) is 5. The molecule has 1 fully saturated rings. The molecule has 9 heteroatoms. The molecule has 224 valence electrons. The molecule has 2 aliphatic heterocycles. The summed E-state index contributed by atoms with van der Waals surface area (Å²) in [6, 6.07) is 22.8. The average molecular weight is 581 g/mol. The number of methoxy groups -OCH3 is 2. The van der Waals surface area contributed by atoms with E-state index in [1.807, 2.05) is 30.5 Å². The van der Waals surface area contributed by atoms with Gasteiger partial charge in [0.25, 0.3) is 0 Å². The van der Waals surface area contributed by atoms with Gasteiger partial charge in [-0.1, -0.05) is 30.3 Å². The van der Waals surface area contributed by atoms with Crippen molar-refractivity contribution in [2.24, 2.45) is 0 Å². The number of nitrogens with one attached hydrogen (secondary N) is 1. The molecule has 1 saturated heterocycles. The van der Waals surface area contributed by atoms with Crippen LogP contribution in [0, 0.1) is 0 Å². The molecule has 1 unspecified atom stereocenters. The zero-order valence-corrected chi connectivity index (χ0v) is 25.2. The fraction of sp³-hybridized carbons (Fsp3) is 0.353. The van der Waals surface area contributed by atoms with Gasteiger partial charge in [0, 0.05) is 74.1 Å². The number of likely N-dealkylation sites (N-methyl/N-ethyl adjacent to an activating group) is 1. The molecule has 3 heterocycles. The molecule has 3 aromatic carbocycles. The molecule has 1 atom stereocenters. The summed E-state index contributed by atoms with van der Waals surface area (Å²) >= 11 is 0. The van der Waals surface area contributed by atoms with E-state index in [4.69, 9.17) is 24.2 Å². The van der Waals surface area contributed by atoms with Gasteiger partial charge in [-0.25, -0.2) is 10.4 Å². The SMILES string of the molecule is COc1cc(OC)cc(N(CCN(C)Cc2ccccc2)c2ccc3ncc(C4=CN(C5CCCCO5)NC4)nc3c2)c1. The van der Waals surface area contributed by atoms with Crippen LogP contribution in [0.1, 0.15) is 30.5 Å². The number of benzene rings is 3. The number of hydrogen-bond donors (Lipinski definition) is 1. The molecule has 0 bridgehead atoms. The minimum absolute atomic E-state index is 0.0692. The van der Waals surface area contributed by atoms with Gasteiger partial charge in [0.15, 0.2) is 0 Å². The lowest BCUT2D eigenvalue weighted by molar-refractivity contribution is -0.0796. The normalized spacial score (nSPS) is 16.9. The van der Waals surface area contributed by atoms with Crippen molar-refractivity contribution in [1.29, 1.82) is 0 Å². The summed E-state index contributed by atoms with van der Waals surface area (Å²) in [5.74, 6) is 1.49. The maximum absolute atomic E-state index is 5.96. The Labute approximate surface area is 253 Å². The van der Waals surface area contributed by atoms with Crippen molar-refractivity contribution in [2.45, 2.75) is 32.0 Å². The predicted octanol–water partition coefficient (Wildman–Crippen LogP) is 5.60. The molecule has 6 rings (SSSR count). The fourth-order valence-electron chi connectivity index (χ4n) is 5.64. The molecule has 9 nitrogen and oxygen atoms in total. The minimum atomic E-state index is 0.0692. The summed E-state index contributed by atoms with van der Waals surface area (Å²) in [5.41, 5.74) is 10.4. The summed E-state index contributed by atoms with van der Waals surface area (Å²) in [5, 5.41) is 2.08. The third-order valence-electron chi connectivity index (χ3n) is 8.03. The summed E-state index contributed by atoms with van der Waals surface area (Å²) in [6.07, 6.45) is 7.39. The van der Waals surface area contributed by atoms with Crippen molar-refractivity contribution in [1.82, 2.24) is 25.3 Å². The Morgan fingerprint density at radius 1 is 0.930 bits per heavy atom. The molecular formula is C34H40N6O3. The first kappa shape index (κ1) is 28.9. The van der Waals surface area contributed by atoms with E-state index >= 15 is 0 Å². The molecule has 0 saturated carbocycles. The summed E-state index contributed by atoms with van der Waals surface area (Å²) < 4.78 is 17.2. The lowest BCUT2D eigenvalue weighted by atomic mass is 10.1. The standard InChI is InChI=1S/C34H40N6O3/c1-38(23-25-9-5-4-6-10-25)14-15-39(28-17-29(41-2)20-30(18-28)42-3)27-12-13-31-32(19-27)37-33(22-35-31)26-21-36-40(24-26)34-11-7-8-16-43-34/h4-6,9-10,12-13,17-20,22,24,34,36H,7-8,11,14-16,21,23H2,1-3H3. The van der Waals surface area contributed by atoms with E-state index in [0.717, 1.165) is 84.3 Å². The maximum Gasteiger partial charge on any atom is 0.143 e. The topological polar surface area (TPSA) is 75.2 Å². The van der Waals surface area contributed by atoms with E-state index in [2.05, 4.69) is 75.9 Å². The van der Waals surface area contributed by atoms with Crippen LogP contribution in [-0.4, -0.2) is 73.6 Å². The van der Waals surface area contributed by atoms with Crippen LogP contribution in [-0.2, 0) is 11.3 Å². The molecule has 0 amide bonds. The van der Waals surface area contributed by atoms with Crippen molar-refractivity contribution in [3.8, 4) is 11.5 Å². The van der Waals surface area contributed by atoms with Gasteiger partial charge in [0.2, 0.25) is 0 Å². The molecule has 0 spiro atoms. The first-order valence-corrected chi connectivity index (χ1v) is 14.9. The monoisotopic (exact) mass is 580 g/mol. The van der Waals surface area contributed by atoms with Gasteiger partial charge in [-0.05, 0) is 50.1 Å². The fourth-order valence-corrected chi connectivity index (χ4v) is 5.64. The van der Waals surface area contributed by atoms with Gasteiger partial charge in [-0.3, -0.25) is 9.99 Å². The van der Waals surface area contributed by atoms with Crippen molar-refractivity contribution < 1.29 is 14.2 Å². The first-order chi connectivity index (χ1) is 21.1. The van der Waals surface area contributed by atoms with Crippen LogP contribution in [0.2, 0.25) is 0 Å². The lowest BCUT2D eigenvalue weighted by Crippen LogP contribution is -2.41. The number of ether oxygens (including phenoxy) is 3. The second kappa shape index (κ2) is 13.4. The van der Waals surface area contributed by atoms with E-state index in [-0.39, 0.29) is 6.23 Å². The van der Waals surface area contributed by atoms with Crippen LogP contribution >= 0.6 is 0 Å². The highest BCUT2D eigenvalue weighted by atomic mass is 16.5. The van der Waals surface area contributed by atoms with Gasteiger partial charge in [-0.15, -0.1) is 0 Å². The van der Waals surface area contributed by atoms with Crippen LogP contribution in [0.4, 0.5) is 11.4 Å². The van der Waals surface area contributed by atoms with Gasteiger partial charge >= 0.3 is 0 Å². The van der Waals surface area contributed by atoms with Crippen LogP contribution in [0.3, 0.4) is 0 Å². The highest BCUT2D eigenvalue weighted by molar-refractivity contribution is 5.82. The van der Waals surface area contributed by atoms with E-state index < -0.39 is 0 Å². The molecule has 4 aromatic rings. The van der Waals surface area contributed by atoms with Crippen LogP contribution in [0.5, 0.6) is 11.5 Å². The van der Waals surface area contributed by atoms with Crippen molar-refractivity contribution in [3.05, 3.63) is 90.4 Å². The van der Waals surface area contributed by atoms with Crippen LogP contribution in [0.25, 0.3) is 16.6 Å². The number of hydrazine groups is 1. The van der Waals surface area contributed by atoms with Gasteiger partial charge < -0.3 is 24.0 Å². The third-order valence-corrected chi connectivity index (χ3v) is 8.03. The van der Waals surface area contributed by atoms with Crippen molar-refractivity contribution in [3.63, 3.8) is 0 Å². The molecule has 0 aliphatic carbocycles. The van der Waals surface area contributed by atoms with Gasteiger partial charge in [0.1, 0.15) is 17.7 Å². The highest BCUT2D eigenvalue weighted by Crippen LogP contribution is 2.34. The predicted molar refractivity (Wildman–Crippen MR) is 170 cm³/mol. The molecule has 1 N–H and O–H groups in total. The van der Waals surface area contributed by atoms with E-state index in [1.54, 1.807) is 14.2 Å². The van der Waals surface area contributed by atoms with Crippen molar-refractivity contribution >= 4 is 28.0 Å². The summed E-state index contributed by atoms with van der Waals surface area (Å²) in [4.78, 5) is 14.5. The molecular weight excluding hydrogens is 540 g/mol. The molecule has 0 radical (unpaired) electrons. The zero-order chi connectivity index (χ0) is 29.6. The molecule has 43 heavy (non-hydrogen) atoms. The largest absolute Gasteiger partial charge is 0.497 e. The Balaban J connectivity index is 1.29. The van der Waals surface area contributed by atoms with E-state index in [9.17, 15) is 0 Å². The number of hydrogen-bond acceptors (Lipinski definition) is 9. The Hall–Kier alpha value is -4.18. The minimum Gasteiger partial charge on any atom is -0.497 e. The number of aromatic nitrogens is 2. The Morgan fingerprint density at radius 3 is 2.49 bits per heavy atom. The second-order valence-electron chi connectivity index (χ2n) is 11.1. The Kier molecular flexibility index (Phi) is 9.02. The van der Waals surface area contributed by atoms with E-state index in [0.29, 0.717) is 6.54 Å². The lowest BCUT2D eigenvalue weighted by Gasteiger charge is -2.30. The summed E-state index contributed by atoms with van der Waals surface area (Å²) in [7, 11) is 5.51.